The molecule has 1 rings (SSSR count). The molecule has 0 atom stereocenters. The van der Waals surface area contributed by atoms with E-state index in [9.17, 15) is 4.79 Å². The zero-order valence-corrected chi connectivity index (χ0v) is 8.14. The monoisotopic (exact) mass is 191 g/mol. The highest BCUT2D eigenvalue weighted by molar-refractivity contribution is 5.67. The van der Waals surface area contributed by atoms with Gasteiger partial charge in [0.25, 0.3) is 0 Å². The summed E-state index contributed by atoms with van der Waals surface area (Å²) < 4.78 is 0. The van der Waals surface area contributed by atoms with E-state index in [1.807, 2.05) is 18.2 Å². The fourth-order valence-electron chi connectivity index (χ4n) is 1.04. The number of hydrogen-bond acceptors (Lipinski definition) is 3. The maximum absolute atomic E-state index is 10.3. The van der Waals surface area contributed by atoms with E-state index < -0.39 is 0 Å². The first kappa shape index (κ1) is 10.4. The van der Waals surface area contributed by atoms with Gasteiger partial charge >= 0.3 is 5.97 Å². The van der Waals surface area contributed by atoms with Crippen LogP contribution < -0.4 is 0 Å². The van der Waals surface area contributed by atoms with Crippen LogP contribution in [0.2, 0.25) is 0 Å². The predicted molar refractivity (Wildman–Crippen MR) is 55.0 cm³/mol. The Kier molecular flexibility index (Phi) is 4.41. The van der Waals surface area contributed by atoms with Gasteiger partial charge in [-0.05, 0) is 18.4 Å². The molecular weight excluding hydrogens is 178 g/mol. The third-order valence-electron chi connectivity index (χ3n) is 1.66. The molecule has 14 heavy (non-hydrogen) atoms. The van der Waals surface area contributed by atoms with Crippen LogP contribution in [0.4, 0.5) is 0 Å². The zero-order chi connectivity index (χ0) is 10.2. The highest BCUT2D eigenvalue weighted by atomic mass is 16.7. The Morgan fingerprint density at radius 3 is 2.79 bits per heavy atom. The van der Waals surface area contributed by atoms with Crippen molar-refractivity contribution in [3.8, 4) is 0 Å². The largest absolute Gasteiger partial charge is 0.331 e. The maximum Gasteiger partial charge on any atom is 0.331 e. The smallest absolute Gasteiger partial charge is 0.319 e. The molecule has 0 amide bonds. The Hall–Kier alpha value is -1.64. The van der Waals surface area contributed by atoms with E-state index in [0.717, 1.165) is 12.8 Å². The summed E-state index contributed by atoms with van der Waals surface area (Å²) in [5.41, 5.74) is 1.25. The molecule has 0 radical (unpaired) electrons. The van der Waals surface area contributed by atoms with E-state index in [-0.39, 0.29) is 5.97 Å². The highest BCUT2D eigenvalue weighted by Crippen LogP contribution is 2.00. The van der Waals surface area contributed by atoms with Crippen LogP contribution in [0.5, 0.6) is 0 Å². The molecular formula is C11H13NO2. The van der Waals surface area contributed by atoms with Crippen molar-refractivity contribution in [2.45, 2.75) is 19.8 Å². The van der Waals surface area contributed by atoms with Gasteiger partial charge in [0.15, 0.2) is 0 Å². The summed E-state index contributed by atoms with van der Waals surface area (Å²) in [5.74, 6) is -0.388. The number of oxime groups is 1. The molecule has 0 aromatic heterocycles. The average Bonchev–Trinajstić information content (AvgIpc) is 2.18. The first-order valence-electron chi connectivity index (χ1n) is 4.52. The minimum atomic E-state index is -0.388. The average molecular weight is 191 g/mol. The fourth-order valence-corrected chi connectivity index (χ4v) is 1.04. The molecule has 0 aliphatic heterocycles. The van der Waals surface area contributed by atoms with Crippen molar-refractivity contribution < 1.29 is 9.63 Å². The van der Waals surface area contributed by atoms with Crippen molar-refractivity contribution in [2.75, 3.05) is 0 Å². The number of rotatable bonds is 4. The molecule has 1 aromatic carbocycles. The van der Waals surface area contributed by atoms with Gasteiger partial charge in [-0.3, -0.25) is 0 Å². The van der Waals surface area contributed by atoms with E-state index >= 15 is 0 Å². The highest BCUT2D eigenvalue weighted by Gasteiger charge is 1.89. The molecule has 0 aliphatic carbocycles. The normalized spacial score (nSPS) is 10.4. The molecule has 0 aliphatic rings. The van der Waals surface area contributed by atoms with Crippen LogP contribution in [0.15, 0.2) is 35.5 Å². The molecule has 0 saturated heterocycles. The van der Waals surface area contributed by atoms with Crippen molar-refractivity contribution in [2.24, 2.45) is 5.16 Å². The molecule has 74 valence electrons. The molecule has 0 N–H and O–H groups in total. The van der Waals surface area contributed by atoms with Gasteiger partial charge in [-0.1, -0.05) is 35.5 Å². The second-order valence-corrected chi connectivity index (χ2v) is 2.90. The van der Waals surface area contributed by atoms with Gasteiger partial charge in [-0.2, -0.15) is 0 Å². The summed E-state index contributed by atoms with van der Waals surface area (Å²) in [6.07, 6.45) is 3.29. The molecule has 3 heteroatoms. The number of aryl methyl sites for hydroxylation is 1. The van der Waals surface area contributed by atoms with Crippen LogP contribution >= 0.6 is 0 Å². The SMILES string of the molecule is CC(=O)ON=CCCc1ccccc1. The topological polar surface area (TPSA) is 38.7 Å². The third kappa shape index (κ3) is 4.40. The van der Waals surface area contributed by atoms with Crippen LogP contribution in [-0.4, -0.2) is 12.2 Å². The Labute approximate surface area is 83.4 Å². The number of hydrogen-bond donors (Lipinski definition) is 0. The number of benzene rings is 1. The van der Waals surface area contributed by atoms with Crippen LogP contribution in [0.25, 0.3) is 0 Å². The second-order valence-electron chi connectivity index (χ2n) is 2.90. The Bertz CT molecular complexity index is 306. The van der Waals surface area contributed by atoms with Crippen LogP contribution in [0.1, 0.15) is 18.9 Å². The molecule has 0 heterocycles. The Morgan fingerprint density at radius 1 is 1.43 bits per heavy atom. The van der Waals surface area contributed by atoms with Gasteiger partial charge in [0, 0.05) is 13.1 Å². The predicted octanol–water partition coefficient (Wildman–Crippen LogP) is 2.17. The third-order valence-corrected chi connectivity index (χ3v) is 1.66. The lowest BCUT2D eigenvalue weighted by Gasteiger charge is -1.95. The molecule has 0 unspecified atom stereocenters. The van der Waals surface area contributed by atoms with Gasteiger partial charge in [0.1, 0.15) is 0 Å². The van der Waals surface area contributed by atoms with E-state index in [2.05, 4.69) is 22.1 Å². The van der Waals surface area contributed by atoms with Gasteiger partial charge in [-0.25, -0.2) is 4.79 Å². The van der Waals surface area contributed by atoms with Crippen LogP contribution in [0.3, 0.4) is 0 Å². The van der Waals surface area contributed by atoms with E-state index in [1.165, 1.54) is 12.5 Å². The van der Waals surface area contributed by atoms with E-state index in [1.54, 1.807) is 6.21 Å². The maximum atomic E-state index is 10.3. The lowest BCUT2D eigenvalue weighted by molar-refractivity contribution is -0.140. The first-order chi connectivity index (χ1) is 6.79. The van der Waals surface area contributed by atoms with Crippen molar-refractivity contribution in [3.63, 3.8) is 0 Å². The van der Waals surface area contributed by atoms with Gasteiger partial charge in [0.2, 0.25) is 0 Å². The van der Waals surface area contributed by atoms with Crippen molar-refractivity contribution in [1.82, 2.24) is 0 Å². The molecule has 3 nitrogen and oxygen atoms in total. The fraction of sp³-hybridized carbons (Fsp3) is 0.273. The summed E-state index contributed by atoms with van der Waals surface area (Å²) in [6.45, 7) is 1.33. The Balaban J connectivity index is 2.22. The number of carbonyl (C=O) groups is 1. The lowest BCUT2D eigenvalue weighted by Crippen LogP contribution is -1.92. The molecule has 1 aromatic rings. The summed E-state index contributed by atoms with van der Waals surface area (Å²) in [5, 5.41) is 3.51. The zero-order valence-electron chi connectivity index (χ0n) is 8.14. The van der Waals surface area contributed by atoms with Crippen molar-refractivity contribution >= 4 is 12.2 Å². The number of nitrogens with zero attached hydrogens (tertiary/aromatic N) is 1. The molecule has 0 saturated carbocycles. The summed E-state index contributed by atoms with van der Waals surface area (Å²) in [4.78, 5) is 14.8. The minimum Gasteiger partial charge on any atom is -0.319 e. The van der Waals surface area contributed by atoms with Gasteiger partial charge in [0.05, 0.1) is 0 Å². The lowest BCUT2D eigenvalue weighted by atomic mass is 10.1. The quantitative estimate of drug-likeness (QED) is 0.415. The standard InChI is InChI=1S/C11H13NO2/c1-10(13)14-12-9-5-8-11-6-3-2-4-7-11/h2-4,6-7,9H,5,8H2,1H3. The minimum absolute atomic E-state index is 0.388. The molecule has 0 fully saturated rings. The Morgan fingerprint density at radius 2 is 2.14 bits per heavy atom. The summed E-state index contributed by atoms with van der Waals surface area (Å²) in [6, 6.07) is 10.1. The van der Waals surface area contributed by atoms with Gasteiger partial charge < -0.3 is 4.84 Å². The van der Waals surface area contributed by atoms with E-state index in [0.29, 0.717) is 0 Å². The summed E-state index contributed by atoms with van der Waals surface area (Å²) >= 11 is 0. The van der Waals surface area contributed by atoms with E-state index in [4.69, 9.17) is 0 Å². The summed E-state index contributed by atoms with van der Waals surface area (Å²) in [7, 11) is 0. The van der Waals surface area contributed by atoms with Crippen LogP contribution in [-0.2, 0) is 16.1 Å². The van der Waals surface area contributed by atoms with Crippen molar-refractivity contribution in [1.29, 1.82) is 0 Å². The first-order valence-corrected chi connectivity index (χ1v) is 4.52. The van der Waals surface area contributed by atoms with Crippen molar-refractivity contribution in [3.05, 3.63) is 35.9 Å². The molecule has 0 spiro atoms. The second kappa shape index (κ2) is 5.91. The van der Waals surface area contributed by atoms with Gasteiger partial charge in [-0.15, -0.1) is 0 Å². The molecule has 0 bridgehead atoms. The number of carbonyl (C=O) groups excluding carboxylic acids is 1. The van der Waals surface area contributed by atoms with Crippen LogP contribution in [0, 0.1) is 0 Å².